The van der Waals surface area contributed by atoms with Gasteiger partial charge in [0.2, 0.25) is 0 Å². The predicted octanol–water partition coefficient (Wildman–Crippen LogP) is 5.32. The molecule has 184 valence electrons. The van der Waals surface area contributed by atoms with Crippen LogP contribution in [0.4, 0.5) is 0 Å². The van der Waals surface area contributed by atoms with Gasteiger partial charge in [0, 0.05) is 7.11 Å². The van der Waals surface area contributed by atoms with Crippen LogP contribution in [0.25, 0.3) is 11.1 Å². The van der Waals surface area contributed by atoms with Gasteiger partial charge in [-0.05, 0) is 77.6 Å². The lowest BCUT2D eigenvalue weighted by Gasteiger charge is -2.40. The Kier molecular flexibility index (Phi) is 7.73. The molecule has 0 aliphatic carbocycles. The molecule has 0 atom stereocenters. The van der Waals surface area contributed by atoms with E-state index in [2.05, 4.69) is 44.2 Å². The van der Waals surface area contributed by atoms with E-state index in [9.17, 15) is 9.90 Å². The fourth-order valence-corrected chi connectivity index (χ4v) is 4.60. The van der Waals surface area contributed by atoms with Crippen molar-refractivity contribution in [2.75, 3.05) is 33.5 Å². The molecule has 0 amide bonds. The number of hydrogen-bond acceptors (Lipinski definition) is 5. The van der Waals surface area contributed by atoms with Crippen LogP contribution in [0.2, 0.25) is 0 Å². The average Bonchev–Trinajstić information content (AvgIpc) is 2.80. The molecule has 1 N–H and O–H groups in total. The van der Waals surface area contributed by atoms with Crippen molar-refractivity contribution < 1.29 is 28.8 Å². The number of methoxy groups -OCH3 is 1. The molecule has 0 spiro atoms. The van der Waals surface area contributed by atoms with Crippen LogP contribution in [0.5, 0.6) is 11.5 Å². The van der Waals surface area contributed by atoms with Crippen molar-refractivity contribution in [2.45, 2.75) is 32.3 Å². The molecule has 0 bridgehead atoms. The number of aliphatic carboxylic acids is 1. The summed E-state index contributed by atoms with van der Waals surface area (Å²) in [5.74, 6) is 0.782. The minimum absolute atomic E-state index is 0.0685. The normalized spacial score (nSPS) is 14.3. The number of ether oxygens (including phenoxy) is 4. The molecule has 1 fully saturated rings. The van der Waals surface area contributed by atoms with Gasteiger partial charge in [-0.25, -0.2) is 0 Å². The molecule has 3 aromatic carbocycles. The Morgan fingerprint density at radius 3 is 2.26 bits per heavy atom. The third kappa shape index (κ3) is 5.84. The van der Waals surface area contributed by atoms with E-state index in [-0.39, 0.29) is 6.42 Å². The minimum Gasteiger partial charge on any atom is -0.491 e. The Labute approximate surface area is 206 Å². The van der Waals surface area contributed by atoms with Gasteiger partial charge in [-0.15, -0.1) is 0 Å². The van der Waals surface area contributed by atoms with Crippen LogP contribution in [-0.2, 0) is 26.3 Å². The number of carbonyl (C=O) groups is 1. The first-order valence-corrected chi connectivity index (χ1v) is 11.8. The molecule has 1 heterocycles. The van der Waals surface area contributed by atoms with Gasteiger partial charge in [0.05, 0.1) is 31.7 Å². The predicted molar refractivity (Wildman–Crippen MR) is 134 cm³/mol. The third-order valence-electron chi connectivity index (χ3n) is 6.40. The van der Waals surface area contributed by atoms with Gasteiger partial charge in [0.15, 0.2) is 0 Å². The van der Waals surface area contributed by atoms with Crippen LogP contribution in [0, 0.1) is 13.8 Å². The van der Waals surface area contributed by atoms with Crippen LogP contribution >= 0.6 is 0 Å². The van der Waals surface area contributed by atoms with Gasteiger partial charge in [-0.2, -0.15) is 0 Å². The topological polar surface area (TPSA) is 74.2 Å². The lowest BCUT2D eigenvalue weighted by molar-refractivity contribution is -0.145. The van der Waals surface area contributed by atoms with Crippen LogP contribution in [0.1, 0.15) is 28.7 Å². The van der Waals surface area contributed by atoms with Crippen molar-refractivity contribution >= 4 is 5.97 Å². The monoisotopic (exact) mass is 476 g/mol. The van der Waals surface area contributed by atoms with E-state index in [4.69, 9.17) is 18.9 Å². The van der Waals surface area contributed by atoms with Gasteiger partial charge in [0.25, 0.3) is 0 Å². The van der Waals surface area contributed by atoms with E-state index < -0.39 is 11.4 Å². The summed E-state index contributed by atoms with van der Waals surface area (Å²) in [5, 5.41) is 9.25. The van der Waals surface area contributed by atoms with E-state index >= 15 is 0 Å². The van der Waals surface area contributed by atoms with Gasteiger partial charge < -0.3 is 24.1 Å². The van der Waals surface area contributed by atoms with Crippen LogP contribution in [-0.4, -0.2) is 44.6 Å². The second-order valence-corrected chi connectivity index (χ2v) is 9.13. The minimum atomic E-state index is -0.813. The molecule has 1 saturated heterocycles. The van der Waals surface area contributed by atoms with Crippen molar-refractivity contribution in [1.82, 2.24) is 0 Å². The van der Waals surface area contributed by atoms with Gasteiger partial charge in [0.1, 0.15) is 24.7 Å². The smallest absolute Gasteiger partial charge is 0.304 e. The summed E-state index contributed by atoms with van der Waals surface area (Å²) in [6, 6.07) is 20.2. The summed E-state index contributed by atoms with van der Waals surface area (Å²) in [6.07, 6.45) is 0.0685. The molecule has 6 nitrogen and oxygen atoms in total. The molecule has 3 aromatic rings. The average molecular weight is 477 g/mol. The molecular weight excluding hydrogens is 444 g/mol. The summed E-state index contributed by atoms with van der Waals surface area (Å²) >= 11 is 0. The molecule has 1 aliphatic rings. The fraction of sp³-hybridized carbons (Fsp3) is 0.345. The highest BCUT2D eigenvalue weighted by Gasteiger charge is 2.42. The highest BCUT2D eigenvalue weighted by Crippen LogP contribution is 2.37. The van der Waals surface area contributed by atoms with Gasteiger partial charge >= 0.3 is 5.97 Å². The van der Waals surface area contributed by atoms with E-state index in [0.29, 0.717) is 33.0 Å². The molecular formula is C29H32O6. The summed E-state index contributed by atoms with van der Waals surface area (Å²) in [4.78, 5) is 11.3. The van der Waals surface area contributed by atoms with E-state index in [1.807, 2.05) is 30.3 Å². The van der Waals surface area contributed by atoms with Crippen LogP contribution in [0.3, 0.4) is 0 Å². The Bertz CT molecular complexity index is 1140. The maximum atomic E-state index is 11.3. The van der Waals surface area contributed by atoms with Crippen molar-refractivity contribution in [2.24, 2.45) is 0 Å². The number of carboxylic acids is 1. The second-order valence-electron chi connectivity index (χ2n) is 9.13. The lowest BCUT2D eigenvalue weighted by atomic mass is 9.76. The van der Waals surface area contributed by atoms with Crippen LogP contribution < -0.4 is 9.47 Å². The van der Waals surface area contributed by atoms with Crippen molar-refractivity contribution in [3.63, 3.8) is 0 Å². The Balaban J connectivity index is 1.43. The van der Waals surface area contributed by atoms with E-state index in [0.717, 1.165) is 39.3 Å². The first-order valence-electron chi connectivity index (χ1n) is 11.8. The molecule has 0 aromatic heterocycles. The van der Waals surface area contributed by atoms with Crippen molar-refractivity contribution in [3.8, 4) is 22.6 Å². The highest BCUT2D eigenvalue weighted by molar-refractivity contribution is 5.72. The van der Waals surface area contributed by atoms with E-state index in [1.165, 1.54) is 5.56 Å². The quantitative estimate of drug-likeness (QED) is 0.378. The number of carboxylic acid groups (broad SMARTS) is 1. The number of benzene rings is 3. The standard InChI is InChI=1S/C29H32O6/c1-20-13-26(34-12-11-32-3)14-21(2)28(20)23-6-4-5-22(15-23)17-35-25-9-7-24(8-10-25)29(16-27(30)31)18-33-19-29/h4-10,13-15H,11-12,16-19H2,1-3H3,(H,30,31). The molecule has 6 heteroatoms. The molecule has 0 radical (unpaired) electrons. The third-order valence-corrected chi connectivity index (χ3v) is 6.40. The molecule has 4 rings (SSSR count). The number of rotatable bonds is 11. The zero-order valence-electron chi connectivity index (χ0n) is 20.5. The Morgan fingerprint density at radius 1 is 0.943 bits per heavy atom. The zero-order chi connectivity index (χ0) is 24.8. The molecule has 35 heavy (non-hydrogen) atoms. The van der Waals surface area contributed by atoms with Crippen LogP contribution in [0.15, 0.2) is 60.7 Å². The Morgan fingerprint density at radius 2 is 1.66 bits per heavy atom. The Hall–Kier alpha value is -3.35. The highest BCUT2D eigenvalue weighted by atomic mass is 16.5. The maximum absolute atomic E-state index is 11.3. The lowest BCUT2D eigenvalue weighted by Crippen LogP contribution is -2.48. The number of hydrogen-bond donors (Lipinski definition) is 1. The largest absolute Gasteiger partial charge is 0.491 e. The maximum Gasteiger partial charge on any atom is 0.304 e. The SMILES string of the molecule is COCCOc1cc(C)c(-c2cccc(COc3ccc(C4(CC(=O)O)COC4)cc3)c2)c(C)c1. The van der Waals surface area contributed by atoms with Gasteiger partial charge in [-0.3, -0.25) is 4.79 Å². The zero-order valence-corrected chi connectivity index (χ0v) is 20.5. The van der Waals surface area contributed by atoms with Gasteiger partial charge in [-0.1, -0.05) is 30.3 Å². The summed E-state index contributed by atoms with van der Waals surface area (Å²) in [6.45, 7) is 6.59. The molecule has 0 unspecified atom stereocenters. The number of aryl methyl sites for hydroxylation is 2. The fourth-order valence-electron chi connectivity index (χ4n) is 4.60. The second kappa shape index (κ2) is 10.9. The summed E-state index contributed by atoms with van der Waals surface area (Å²) < 4.78 is 22.2. The first-order chi connectivity index (χ1) is 16.9. The van der Waals surface area contributed by atoms with Crippen molar-refractivity contribution in [1.29, 1.82) is 0 Å². The molecule has 1 aliphatic heterocycles. The van der Waals surface area contributed by atoms with Crippen molar-refractivity contribution in [3.05, 3.63) is 82.9 Å². The molecule has 0 saturated carbocycles. The summed E-state index contributed by atoms with van der Waals surface area (Å²) in [7, 11) is 1.66. The first kappa shape index (κ1) is 24.8. The van der Waals surface area contributed by atoms with E-state index in [1.54, 1.807) is 7.11 Å². The summed E-state index contributed by atoms with van der Waals surface area (Å²) in [5.41, 5.74) is 6.25.